The fourth-order valence-corrected chi connectivity index (χ4v) is 4.05. The molecule has 5 aromatic rings. The van der Waals surface area contributed by atoms with Gasteiger partial charge in [0.2, 0.25) is 5.75 Å². The summed E-state index contributed by atoms with van der Waals surface area (Å²) in [6.07, 6.45) is 5.71. The lowest BCUT2D eigenvalue weighted by Crippen LogP contribution is -2.06. The molecule has 0 aliphatic heterocycles. The largest absolute Gasteiger partial charge is 0.493 e. The van der Waals surface area contributed by atoms with Gasteiger partial charge in [-0.2, -0.15) is 0 Å². The molecule has 0 saturated carbocycles. The van der Waals surface area contributed by atoms with Gasteiger partial charge in [-0.05, 0) is 28.5 Å². The van der Waals surface area contributed by atoms with Crippen LogP contribution in [0.5, 0.6) is 17.2 Å². The van der Waals surface area contributed by atoms with E-state index < -0.39 is 0 Å². The molecule has 0 aliphatic carbocycles. The van der Waals surface area contributed by atoms with E-state index in [9.17, 15) is 0 Å². The van der Waals surface area contributed by atoms with E-state index in [-0.39, 0.29) is 0 Å². The number of aromatic nitrogens is 3. The van der Waals surface area contributed by atoms with Gasteiger partial charge < -0.3 is 23.9 Å². The molecule has 166 valence electrons. The average molecular weight is 441 g/mol. The molecule has 3 aromatic carbocycles. The Balaban J connectivity index is 1.54. The Morgan fingerprint density at radius 1 is 0.909 bits per heavy atom. The molecule has 2 heterocycles. The lowest BCUT2D eigenvalue weighted by Gasteiger charge is -2.15. The highest BCUT2D eigenvalue weighted by molar-refractivity contribution is 5.96. The number of nitrogens with one attached hydrogen (secondary N) is 1. The summed E-state index contributed by atoms with van der Waals surface area (Å²) in [5, 5.41) is 5.77. The van der Waals surface area contributed by atoms with E-state index in [1.54, 1.807) is 27.5 Å². The van der Waals surface area contributed by atoms with Crippen molar-refractivity contribution in [3.05, 3.63) is 78.8 Å². The molecule has 33 heavy (non-hydrogen) atoms. The first-order chi connectivity index (χ1) is 16.2. The maximum Gasteiger partial charge on any atom is 0.203 e. The van der Waals surface area contributed by atoms with E-state index in [4.69, 9.17) is 19.2 Å². The highest BCUT2D eigenvalue weighted by Gasteiger charge is 2.15. The SMILES string of the molecule is COc1cc(CNc2nc(-c3cccc4ccccc34)cn3ccnc23)cc(OC)c1OC. The number of anilines is 1. The Morgan fingerprint density at radius 2 is 1.67 bits per heavy atom. The number of ether oxygens (including phenoxy) is 3. The van der Waals surface area contributed by atoms with Crippen molar-refractivity contribution >= 4 is 22.2 Å². The second-order valence-corrected chi connectivity index (χ2v) is 7.55. The van der Waals surface area contributed by atoms with Crippen LogP contribution in [0, 0.1) is 0 Å². The summed E-state index contributed by atoms with van der Waals surface area (Å²) >= 11 is 0. The van der Waals surface area contributed by atoms with Crippen LogP contribution in [-0.2, 0) is 6.54 Å². The maximum atomic E-state index is 5.48. The van der Waals surface area contributed by atoms with Crippen molar-refractivity contribution in [1.29, 1.82) is 0 Å². The van der Waals surface area contributed by atoms with Gasteiger partial charge in [-0.1, -0.05) is 42.5 Å². The second kappa shape index (κ2) is 8.70. The molecule has 7 nitrogen and oxygen atoms in total. The maximum absolute atomic E-state index is 5.48. The van der Waals surface area contributed by atoms with Crippen molar-refractivity contribution in [2.45, 2.75) is 6.54 Å². The number of nitrogens with zero attached hydrogens (tertiary/aromatic N) is 3. The minimum atomic E-state index is 0.505. The fourth-order valence-electron chi connectivity index (χ4n) is 4.05. The van der Waals surface area contributed by atoms with E-state index in [0.29, 0.717) is 29.6 Å². The van der Waals surface area contributed by atoms with Gasteiger partial charge >= 0.3 is 0 Å². The zero-order valence-corrected chi connectivity index (χ0v) is 18.7. The monoisotopic (exact) mass is 440 g/mol. The van der Waals surface area contributed by atoms with Crippen LogP contribution in [0.25, 0.3) is 27.7 Å². The van der Waals surface area contributed by atoms with Crippen LogP contribution in [0.15, 0.2) is 73.2 Å². The number of fused-ring (bicyclic) bond motifs is 2. The van der Waals surface area contributed by atoms with E-state index >= 15 is 0 Å². The van der Waals surface area contributed by atoms with E-state index in [1.165, 1.54) is 5.39 Å². The van der Waals surface area contributed by atoms with Gasteiger partial charge in [0.05, 0.1) is 27.0 Å². The summed E-state index contributed by atoms with van der Waals surface area (Å²) in [7, 11) is 4.81. The Kier molecular flexibility index (Phi) is 5.44. The molecule has 0 unspecified atom stereocenters. The minimum Gasteiger partial charge on any atom is -0.493 e. The molecule has 0 amide bonds. The van der Waals surface area contributed by atoms with Gasteiger partial charge in [-0.3, -0.25) is 0 Å². The first-order valence-electron chi connectivity index (χ1n) is 10.6. The number of rotatable bonds is 7. The number of imidazole rings is 1. The Labute approximate surface area is 191 Å². The van der Waals surface area contributed by atoms with Crippen molar-refractivity contribution in [1.82, 2.24) is 14.4 Å². The third-order valence-electron chi connectivity index (χ3n) is 5.62. The third kappa shape index (κ3) is 3.78. The third-order valence-corrected chi connectivity index (χ3v) is 5.62. The smallest absolute Gasteiger partial charge is 0.203 e. The van der Waals surface area contributed by atoms with Crippen LogP contribution < -0.4 is 19.5 Å². The predicted molar refractivity (Wildman–Crippen MR) is 129 cm³/mol. The van der Waals surface area contributed by atoms with Gasteiger partial charge in [0.25, 0.3) is 0 Å². The van der Waals surface area contributed by atoms with Gasteiger partial charge in [0.1, 0.15) is 0 Å². The van der Waals surface area contributed by atoms with Crippen LogP contribution >= 0.6 is 0 Å². The van der Waals surface area contributed by atoms with Crippen LogP contribution in [-0.4, -0.2) is 35.7 Å². The molecule has 7 heteroatoms. The average Bonchev–Trinajstić information content (AvgIpc) is 3.35. The first kappa shape index (κ1) is 20.6. The minimum absolute atomic E-state index is 0.505. The number of hydrogen-bond acceptors (Lipinski definition) is 6. The van der Waals surface area contributed by atoms with E-state index in [1.807, 2.05) is 41.1 Å². The predicted octanol–water partition coefficient (Wildman–Crippen LogP) is 5.19. The number of benzene rings is 3. The van der Waals surface area contributed by atoms with Crippen LogP contribution in [0.2, 0.25) is 0 Å². The van der Waals surface area contributed by atoms with Crippen LogP contribution in [0.3, 0.4) is 0 Å². The highest BCUT2D eigenvalue weighted by Crippen LogP contribution is 2.38. The molecule has 1 N–H and O–H groups in total. The zero-order chi connectivity index (χ0) is 22.8. The molecule has 0 radical (unpaired) electrons. The Hall–Kier alpha value is -4.26. The lowest BCUT2D eigenvalue weighted by molar-refractivity contribution is 0.324. The molecule has 0 atom stereocenters. The molecule has 5 rings (SSSR count). The normalized spacial score (nSPS) is 11.0. The van der Waals surface area contributed by atoms with E-state index in [0.717, 1.165) is 27.9 Å². The molecule has 2 aromatic heterocycles. The van der Waals surface area contributed by atoms with Crippen molar-refractivity contribution < 1.29 is 14.2 Å². The van der Waals surface area contributed by atoms with Gasteiger partial charge in [0.15, 0.2) is 23.0 Å². The van der Waals surface area contributed by atoms with Crippen molar-refractivity contribution in [3.8, 4) is 28.5 Å². The second-order valence-electron chi connectivity index (χ2n) is 7.55. The van der Waals surface area contributed by atoms with Crippen molar-refractivity contribution in [2.24, 2.45) is 0 Å². The van der Waals surface area contributed by atoms with Crippen molar-refractivity contribution in [2.75, 3.05) is 26.6 Å². The standard InChI is InChI=1S/C26H24N4O3/c1-31-22-13-17(14-23(32-2)24(22)33-3)15-28-25-26-27-11-12-30(26)16-21(29-25)20-10-6-8-18-7-4-5-9-19(18)20/h4-14,16H,15H2,1-3H3,(H,28,29). The number of hydrogen-bond donors (Lipinski definition) is 1. The summed E-state index contributed by atoms with van der Waals surface area (Å²) < 4.78 is 18.4. The Bertz CT molecular complexity index is 1410. The van der Waals surface area contributed by atoms with Crippen LogP contribution in [0.4, 0.5) is 5.82 Å². The van der Waals surface area contributed by atoms with E-state index in [2.05, 4.69) is 40.6 Å². The summed E-state index contributed by atoms with van der Waals surface area (Å²) in [6, 6.07) is 18.4. The molecule has 0 saturated heterocycles. The van der Waals surface area contributed by atoms with Gasteiger partial charge in [0, 0.05) is 30.7 Å². The quantitative estimate of drug-likeness (QED) is 0.376. The first-order valence-corrected chi connectivity index (χ1v) is 10.6. The topological polar surface area (TPSA) is 69.9 Å². The molecule has 0 bridgehead atoms. The van der Waals surface area contributed by atoms with Gasteiger partial charge in [-0.25, -0.2) is 9.97 Å². The lowest BCUT2D eigenvalue weighted by atomic mass is 10.0. The molecule has 0 spiro atoms. The summed E-state index contributed by atoms with van der Waals surface area (Å²) in [6.45, 7) is 0.505. The van der Waals surface area contributed by atoms with Crippen LogP contribution in [0.1, 0.15) is 5.56 Å². The highest BCUT2D eigenvalue weighted by atomic mass is 16.5. The van der Waals surface area contributed by atoms with Gasteiger partial charge in [-0.15, -0.1) is 0 Å². The molecule has 0 fully saturated rings. The molecular formula is C26H24N4O3. The summed E-state index contributed by atoms with van der Waals surface area (Å²) in [4.78, 5) is 9.44. The van der Waals surface area contributed by atoms with Crippen molar-refractivity contribution in [3.63, 3.8) is 0 Å². The summed E-state index contributed by atoms with van der Waals surface area (Å²) in [5.74, 6) is 2.48. The number of methoxy groups -OCH3 is 3. The summed E-state index contributed by atoms with van der Waals surface area (Å²) in [5.41, 5.74) is 3.65. The molecular weight excluding hydrogens is 416 g/mol. The fraction of sp³-hybridized carbons (Fsp3) is 0.154. The zero-order valence-electron chi connectivity index (χ0n) is 18.7. The Morgan fingerprint density at radius 3 is 2.42 bits per heavy atom. The molecule has 0 aliphatic rings.